The first kappa shape index (κ1) is 25.9. The second kappa shape index (κ2) is 11.7. The molecule has 5 rings (SSSR count). The summed E-state index contributed by atoms with van der Waals surface area (Å²) in [6.07, 6.45) is 14.3. The molecule has 1 amide bonds. The third-order valence-corrected chi connectivity index (χ3v) is 6.92. The largest absolute Gasteiger partial charge is 0.445 e. The minimum Gasteiger partial charge on any atom is -0.445 e. The van der Waals surface area contributed by atoms with Crippen molar-refractivity contribution in [1.29, 1.82) is 0 Å². The number of aromatic nitrogens is 4. The van der Waals surface area contributed by atoms with Crippen LogP contribution in [0.25, 0.3) is 22.6 Å². The number of hydrogen-bond acceptors (Lipinski definition) is 8. The van der Waals surface area contributed by atoms with Crippen LogP contribution in [0.3, 0.4) is 0 Å². The van der Waals surface area contributed by atoms with Gasteiger partial charge < -0.3 is 24.3 Å². The number of furan rings is 1. The van der Waals surface area contributed by atoms with Crippen molar-refractivity contribution in [3.05, 3.63) is 60.7 Å². The highest BCUT2D eigenvalue weighted by molar-refractivity contribution is 5.97. The molecule has 2 saturated heterocycles. The van der Waals surface area contributed by atoms with Gasteiger partial charge in [-0.1, -0.05) is 30.9 Å². The van der Waals surface area contributed by atoms with Crippen LogP contribution in [0.1, 0.15) is 42.3 Å². The van der Waals surface area contributed by atoms with Crippen LogP contribution in [0.5, 0.6) is 0 Å². The summed E-state index contributed by atoms with van der Waals surface area (Å²) in [5, 5.41) is 7.64. The third-order valence-electron chi connectivity index (χ3n) is 6.92. The van der Waals surface area contributed by atoms with E-state index in [1.807, 2.05) is 37.4 Å². The Kier molecular flexibility index (Phi) is 8.00. The van der Waals surface area contributed by atoms with E-state index in [0.717, 1.165) is 43.5 Å². The molecule has 1 unspecified atom stereocenters. The number of hydrogen-bond donors (Lipinski definition) is 1. The molecule has 1 N–H and O–H groups in total. The summed E-state index contributed by atoms with van der Waals surface area (Å²) in [7, 11) is 2.12. The maximum absolute atomic E-state index is 13.2. The van der Waals surface area contributed by atoms with Gasteiger partial charge in [-0.05, 0) is 51.9 Å². The maximum Gasteiger partial charge on any atom is 0.287 e. The van der Waals surface area contributed by atoms with Gasteiger partial charge in [0.2, 0.25) is 0 Å². The van der Waals surface area contributed by atoms with Crippen molar-refractivity contribution in [3.8, 4) is 5.95 Å². The lowest BCUT2D eigenvalue weighted by atomic mass is 10.1. The molecule has 0 aliphatic carbocycles. The van der Waals surface area contributed by atoms with E-state index in [1.54, 1.807) is 16.9 Å². The molecule has 2 fully saturated rings. The Balaban J connectivity index is 1.45. The normalized spacial score (nSPS) is 19.4. The number of allylic oxidation sites excluding steroid dienone is 5. The molecule has 38 heavy (non-hydrogen) atoms. The monoisotopic (exact) mass is 517 g/mol. The van der Waals surface area contributed by atoms with Crippen LogP contribution in [0.4, 0.5) is 5.82 Å². The summed E-state index contributed by atoms with van der Waals surface area (Å²) in [6, 6.07) is 1.82. The Morgan fingerprint density at radius 2 is 2.00 bits per heavy atom. The number of nitrogens with zero attached hydrogens (tertiary/aromatic N) is 6. The Morgan fingerprint density at radius 3 is 2.82 bits per heavy atom. The van der Waals surface area contributed by atoms with E-state index in [2.05, 4.69) is 33.8 Å². The van der Waals surface area contributed by atoms with Gasteiger partial charge in [0.25, 0.3) is 11.9 Å². The Bertz CT molecular complexity index is 1350. The van der Waals surface area contributed by atoms with E-state index in [0.29, 0.717) is 49.2 Å². The van der Waals surface area contributed by atoms with E-state index in [1.165, 1.54) is 0 Å². The van der Waals surface area contributed by atoms with Gasteiger partial charge in [0.05, 0.1) is 19.4 Å². The molecule has 3 aromatic rings. The van der Waals surface area contributed by atoms with Crippen molar-refractivity contribution >= 4 is 28.4 Å². The average molecular weight is 518 g/mol. The molecule has 0 radical (unpaired) electrons. The molecule has 10 heteroatoms. The molecule has 200 valence electrons. The third kappa shape index (κ3) is 5.87. The fourth-order valence-corrected chi connectivity index (χ4v) is 4.72. The van der Waals surface area contributed by atoms with Crippen molar-refractivity contribution in [3.63, 3.8) is 0 Å². The highest BCUT2D eigenvalue weighted by Gasteiger charge is 2.25. The lowest BCUT2D eigenvalue weighted by Gasteiger charge is -2.27. The molecule has 2 aliphatic rings. The molecule has 10 nitrogen and oxygen atoms in total. The summed E-state index contributed by atoms with van der Waals surface area (Å²) in [5.41, 5.74) is 2.75. The number of morpholine rings is 1. The first-order valence-electron chi connectivity index (χ1n) is 13.2. The van der Waals surface area contributed by atoms with Crippen LogP contribution < -0.4 is 10.2 Å². The number of anilines is 1. The molecule has 0 aromatic carbocycles. The van der Waals surface area contributed by atoms with Crippen molar-refractivity contribution in [1.82, 2.24) is 30.0 Å². The standard InChI is InChI=1S/C28H35N7O3/c1-4-5-6-8-20(2)21-18-29-35(19-21)28-31-23-17-24(27(36)30-22-9-7-11-33(3)12-10-22)38-25(23)26(32-28)34-13-15-37-16-14-34/h4-6,8,17-19,22H,2,7,9-16H2,1,3H3,(H,30,36)/b5-4-,8-6-. The molecule has 0 bridgehead atoms. The quantitative estimate of drug-likeness (QED) is 0.475. The lowest BCUT2D eigenvalue weighted by Crippen LogP contribution is -2.37. The van der Waals surface area contributed by atoms with Crippen LogP contribution in [-0.4, -0.2) is 83.0 Å². The summed E-state index contributed by atoms with van der Waals surface area (Å²) >= 11 is 0. The highest BCUT2D eigenvalue weighted by Crippen LogP contribution is 2.29. The Labute approximate surface area is 222 Å². The minimum atomic E-state index is -0.224. The van der Waals surface area contributed by atoms with E-state index < -0.39 is 0 Å². The number of likely N-dealkylation sites (tertiary alicyclic amines) is 1. The number of carbonyl (C=O) groups excluding carboxylic acids is 1. The predicted octanol–water partition coefficient (Wildman–Crippen LogP) is 3.60. The van der Waals surface area contributed by atoms with Crippen molar-refractivity contribution in [2.75, 3.05) is 51.3 Å². The van der Waals surface area contributed by atoms with Crippen molar-refractivity contribution in [2.24, 2.45) is 0 Å². The van der Waals surface area contributed by atoms with Crippen molar-refractivity contribution < 1.29 is 13.9 Å². The first-order valence-corrected chi connectivity index (χ1v) is 13.2. The van der Waals surface area contributed by atoms with Gasteiger partial charge in [-0.15, -0.1) is 0 Å². The number of ether oxygens (including phenoxy) is 1. The second-order valence-corrected chi connectivity index (χ2v) is 9.76. The second-order valence-electron chi connectivity index (χ2n) is 9.76. The fourth-order valence-electron chi connectivity index (χ4n) is 4.72. The molecule has 0 saturated carbocycles. The topological polar surface area (TPSA) is 102 Å². The van der Waals surface area contributed by atoms with E-state index in [4.69, 9.17) is 19.1 Å². The summed E-state index contributed by atoms with van der Waals surface area (Å²) in [5.74, 6) is 1.04. The van der Waals surface area contributed by atoms with E-state index in [9.17, 15) is 4.79 Å². The molecule has 2 aliphatic heterocycles. The SMILES string of the molecule is C=C(/C=C\C=C/C)c1cnn(-c2nc(N3CCOCC3)c3oc(C(=O)NC4CCCN(C)CC4)cc3n2)c1. The Morgan fingerprint density at radius 1 is 1.16 bits per heavy atom. The van der Waals surface area contributed by atoms with Gasteiger partial charge in [-0.3, -0.25) is 4.79 Å². The summed E-state index contributed by atoms with van der Waals surface area (Å²) in [4.78, 5) is 27.1. The van der Waals surface area contributed by atoms with Gasteiger partial charge >= 0.3 is 0 Å². The van der Waals surface area contributed by atoms with Crippen LogP contribution in [0, 0.1) is 0 Å². The molecule has 1 atom stereocenters. The van der Waals surface area contributed by atoms with Crippen LogP contribution >= 0.6 is 0 Å². The molecule has 3 aromatic heterocycles. The molecular weight excluding hydrogens is 482 g/mol. The van der Waals surface area contributed by atoms with Gasteiger partial charge in [-0.25, -0.2) is 9.67 Å². The molecular formula is C28H35N7O3. The number of carbonyl (C=O) groups is 1. The van der Waals surface area contributed by atoms with Crippen molar-refractivity contribution in [2.45, 2.75) is 32.2 Å². The average Bonchev–Trinajstić information content (AvgIpc) is 3.55. The van der Waals surface area contributed by atoms with E-state index >= 15 is 0 Å². The molecule has 5 heterocycles. The van der Waals surface area contributed by atoms with Crippen LogP contribution in [-0.2, 0) is 4.74 Å². The zero-order valence-electron chi connectivity index (χ0n) is 22.1. The number of rotatable bonds is 7. The first-order chi connectivity index (χ1) is 18.5. The van der Waals surface area contributed by atoms with Crippen LogP contribution in [0.2, 0.25) is 0 Å². The fraction of sp³-hybridized carbons (Fsp3) is 0.429. The number of nitrogens with one attached hydrogen (secondary N) is 1. The summed E-state index contributed by atoms with van der Waals surface area (Å²) < 4.78 is 13.3. The number of fused-ring (bicyclic) bond motifs is 1. The van der Waals surface area contributed by atoms with Crippen LogP contribution in [0.15, 0.2) is 53.8 Å². The smallest absolute Gasteiger partial charge is 0.287 e. The van der Waals surface area contributed by atoms with Gasteiger partial charge in [0.1, 0.15) is 5.52 Å². The van der Waals surface area contributed by atoms with E-state index in [-0.39, 0.29) is 17.7 Å². The number of amides is 1. The maximum atomic E-state index is 13.2. The van der Waals surface area contributed by atoms with Gasteiger partial charge in [-0.2, -0.15) is 10.1 Å². The minimum absolute atomic E-state index is 0.124. The van der Waals surface area contributed by atoms with Gasteiger partial charge in [0, 0.05) is 37.0 Å². The predicted molar refractivity (Wildman–Crippen MR) is 148 cm³/mol. The lowest BCUT2D eigenvalue weighted by molar-refractivity contribution is 0.0907. The zero-order chi connectivity index (χ0) is 26.5. The molecule has 0 spiro atoms. The zero-order valence-corrected chi connectivity index (χ0v) is 22.1. The van der Waals surface area contributed by atoms with Gasteiger partial charge in [0.15, 0.2) is 17.2 Å². The summed E-state index contributed by atoms with van der Waals surface area (Å²) in [6.45, 7) is 10.6. The Hall–Kier alpha value is -3.76. The highest BCUT2D eigenvalue weighted by atomic mass is 16.5.